The summed E-state index contributed by atoms with van der Waals surface area (Å²) < 4.78 is 65.3. The van der Waals surface area contributed by atoms with Gasteiger partial charge in [0.15, 0.2) is 0 Å². The Hall–Kier alpha value is -1.61. The van der Waals surface area contributed by atoms with E-state index in [0.717, 1.165) is 12.1 Å². The van der Waals surface area contributed by atoms with Gasteiger partial charge in [-0.2, -0.15) is 13.2 Å². The van der Waals surface area contributed by atoms with E-state index in [1.807, 2.05) is 0 Å². The molecule has 1 rings (SSSR count). The molecule has 23 heavy (non-hydrogen) atoms. The SMILES string of the molecule is Cc1ccc(C(F)(F)F)cc1S(=O)(=O)NC(C)(C)CCC(=O)O. The van der Waals surface area contributed by atoms with Gasteiger partial charge in [-0.25, -0.2) is 13.1 Å². The van der Waals surface area contributed by atoms with Gasteiger partial charge in [-0.1, -0.05) is 6.07 Å². The van der Waals surface area contributed by atoms with E-state index in [0.29, 0.717) is 6.07 Å². The minimum atomic E-state index is -4.66. The first kappa shape index (κ1) is 19.4. The van der Waals surface area contributed by atoms with Crippen molar-refractivity contribution in [1.29, 1.82) is 0 Å². The van der Waals surface area contributed by atoms with Crippen molar-refractivity contribution in [2.45, 2.75) is 50.2 Å². The molecule has 0 radical (unpaired) electrons. The molecule has 0 atom stereocenters. The molecule has 0 heterocycles. The molecule has 9 heteroatoms. The van der Waals surface area contributed by atoms with Crippen molar-refractivity contribution in [3.05, 3.63) is 29.3 Å². The van der Waals surface area contributed by atoms with Crippen molar-refractivity contribution < 1.29 is 31.5 Å². The lowest BCUT2D eigenvalue weighted by molar-refractivity contribution is -0.138. The van der Waals surface area contributed by atoms with Crippen LogP contribution < -0.4 is 4.72 Å². The third kappa shape index (κ3) is 5.51. The largest absolute Gasteiger partial charge is 0.481 e. The van der Waals surface area contributed by atoms with Crippen LogP contribution in [0.5, 0.6) is 0 Å². The van der Waals surface area contributed by atoms with Gasteiger partial charge in [0.1, 0.15) is 0 Å². The summed E-state index contributed by atoms with van der Waals surface area (Å²) in [5.41, 5.74) is -2.01. The number of hydrogen-bond acceptors (Lipinski definition) is 3. The van der Waals surface area contributed by atoms with Crippen LogP contribution >= 0.6 is 0 Å². The Kier molecular flexibility index (Phi) is 5.48. The van der Waals surface area contributed by atoms with Crippen LogP contribution in [0.15, 0.2) is 23.1 Å². The first-order valence-corrected chi connectivity index (χ1v) is 8.16. The third-order valence-electron chi connectivity index (χ3n) is 3.18. The van der Waals surface area contributed by atoms with Crippen LogP contribution in [-0.4, -0.2) is 25.0 Å². The Morgan fingerprint density at radius 2 is 1.83 bits per heavy atom. The number of carboxylic acid groups (broad SMARTS) is 1. The van der Waals surface area contributed by atoms with Crippen LogP contribution in [0.4, 0.5) is 13.2 Å². The maximum absolute atomic E-state index is 12.8. The number of hydrogen-bond donors (Lipinski definition) is 2. The van der Waals surface area contributed by atoms with Gasteiger partial charge in [-0.05, 0) is 44.9 Å². The molecular formula is C14H18F3NO4S. The normalized spacial score (nSPS) is 13.1. The second kappa shape index (κ2) is 6.48. The number of sulfonamides is 1. The number of alkyl halides is 3. The van der Waals surface area contributed by atoms with E-state index in [4.69, 9.17) is 5.11 Å². The fraction of sp³-hybridized carbons (Fsp3) is 0.500. The van der Waals surface area contributed by atoms with Gasteiger partial charge < -0.3 is 5.11 Å². The smallest absolute Gasteiger partial charge is 0.416 e. The Balaban J connectivity index is 3.16. The van der Waals surface area contributed by atoms with E-state index < -0.39 is 38.2 Å². The second-order valence-electron chi connectivity index (χ2n) is 5.86. The molecule has 2 N–H and O–H groups in total. The van der Waals surface area contributed by atoms with E-state index in [1.54, 1.807) is 0 Å². The molecule has 1 aromatic rings. The monoisotopic (exact) mass is 353 g/mol. The van der Waals surface area contributed by atoms with Crippen LogP contribution in [0.1, 0.15) is 37.8 Å². The third-order valence-corrected chi connectivity index (χ3v) is 5.02. The van der Waals surface area contributed by atoms with Gasteiger partial charge in [0.2, 0.25) is 10.0 Å². The summed E-state index contributed by atoms with van der Waals surface area (Å²) in [5.74, 6) is -1.09. The van der Waals surface area contributed by atoms with E-state index in [2.05, 4.69) is 4.72 Å². The first-order valence-electron chi connectivity index (χ1n) is 6.68. The van der Waals surface area contributed by atoms with Gasteiger partial charge in [0, 0.05) is 12.0 Å². The lowest BCUT2D eigenvalue weighted by atomic mass is 10.0. The number of rotatable bonds is 6. The fourth-order valence-corrected chi connectivity index (χ4v) is 3.67. The Morgan fingerprint density at radius 3 is 2.30 bits per heavy atom. The molecule has 0 amide bonds. The van der Waals surface area contributed by atoms with Gasteiger partial charge in [-0.15, -0.1) is 0 Å². The minimum Gasteiger partial charge on any atom is -0.481 e. The number of carbonyl (C=O) groups is 1. The number of aliphatic carboxylic acids is 1. The van der Waals surface area contributed by atoms with Gasteiger partial charge in [0.25, 0.3) is 0 Å². The van der Waals surface area contributed by atoms with Gasteiger partial charge in [-0.3, -0.25) is 4.79 Å². The van der Waals surface area contributed by atoms with Crippen molar-refractivity contribution >= 4 is 16.0 Å². The molecule has 0 spiro atoms. The zero-order valence-corrected chi connectivity index (χ0v) is 13.7. The molecule has 0 saturated heterocycles. The summed E-state index contributed by atoms with van der Waals surface area (Å²) in [4.78, 5) is 10.1. The highest BCUT2D eigenvalue weighted by molar-refractivity contribution is 7.89. The number of carboxylic acids is 1. The summed E-state index contributed by atoms with van der Waals surface area (Å²) in [5, 5.41) is 8.66. The molecule has 0 saturated carbocycles. The highest BCUT2D eigenvalue weighted by Crippen LogP contribution is 2.32. The standard InChI is InChI=1S/C14H18F3NO4S/c1-9-4-5-10(14(15,16)17)8-11(9)23(21,22)18-13(2,3)7-6-12(19)20/h4-5,8,18H,6-7H2,1-3H3,(H,19,20). The minimum absolute atomic E-state index is 0.000424. The Morgan fingerprint density at radius 1 is 1.26 bits per heavy atom. The number of halogens is 3. The Bertz CT molecular complexity index is 696. The molecule has 0 unspecified atom stereocenters. The van der Waals surface area contributed by atoms with Crippen LogP contribution in [0.25, 0.3) is 0 Å². The van der Waals surface area contributed by atoms with E-state index >= 15 is 0 Å². The maximum atomic E-state index is 12.8. The van der Waals surface area contributed by atoms with Crippen LogP contribution in [0.2, 0.25) is 0 Å². The number of nitrogens with one attached hydrogen (secondary N) is 1. The van der Waals surface area contributed by atoms with Crippen LogP contribution in [0.3, 0.4) is 0 Å². The van der Waals surface area contributed by atoms with Crippen molar-refractivity contribution in [2.75, 3.05) is 0 Å². The molecular weight excluding hydrogens is 335 g/mol. The molecule has 0 aliphatic heterocycles. The van der Waals surface area contributed by atoms with Gasteiger partial charge >= 0.3 is 12.1 Å². The number of benzene rings is 1. The van der Waals surface area contributed by atoms with E-state index in [-0.39, 0.29) is 18.4 Å². The predicted octanol–water partition coefficient (Wildman–Crippen LogP) is 2.94. The maximum Gasteiger partial charge on any atom is 0.416 e. The zero-order valence-electron chi connectivity index (χ0n) is 12.9. The summed E-state index contributed by atoms with van der Waals surface area (Å²) in [7, 11) is -4.22. The van der Waals surface area contributed by atoms with Crippen LogP contribution in [-0.2, 0) is 21.0 Å². The molecule has 0 aliphatic rings. The fourth-order valence-electron chi connectivity index (χ4n) is 1.96. The summed E-state index contributed by atoms with van der Waals surface area (Å²) in [6.07, 6.45) is -4.92. The van der Waals surface area contributed by atoms with Crippen molar-refractivity contribution in [3.8, 4) is 0 Å². The molecule has 0 bridgehead atoms. The van der Waals surface area contributed by atoms with Gasteiger partial charge in [0.05, 0.1) is 10.5 Å². The summed E-state index contributed by atoms with van der Waals surface area (Å²) >= 11 is 0. The molecule has 0 aromatic heterocycles. The van der Waals surface area contributed by atoms with E-state index in [9.17, 15) is 26.4 Å². The van der Waals surface area contributed by atoms with Crippen LogP contribution in [0, 0.1) is 6.92 Å². The summed E-state index contributed by atoms with van der Waals surface area (Å²) in [6, 6.07) is 2.47. The van der Waals surface area contributed by atoms with Crippen molar-refractivity contribution in [3.63, 3.8) is 0 Å². The molecule has 130 valence electrons. The lowest BCUT2D eigenvalue weighted by Crippen LogP contribution is -2.43. The lowest BCUT2D eigenvalue weighted by Gasteiger charge is -2.26. The second-order valence-corrected chi connectivity index (χ2v) is 7.51. The molecule has 5 nitrogen and oxygen atoms in total. The van der Waals surface area contributed by atoms with Crippen molar-refractivity contribution in [1.82, 2.24) is 4.72 Å². The molecule has 0 fully saturated rings. The highest BCUT2D eigenvalue weighted by Gasteiger charge is 2.34. The molecule has 1 aromatic carbocycles. The quantitative estimate of drug-likeness (QED) is 0.824. The predicted molar refractivity (Wildman–Crippen MR) is 77.5 cm³/mol. The average molecular weight is 353 g/mol. The Labute approximate surface area is 132 Å². The number of aryl methyl sites for hydroxylation is 1. The highest BCUT2D eigenvalue weighted by atomic mass is 32.2. The topological polar surface area (TPSA) is 83.5 Å². The van der Waals surface area contributed by atoms with Crippen molar-refractivity contribution in [2.24, 2.45) is 0 Å². The summed E-state index contributed by atoms with van der Waals surface area (Å²) in [6.45, 7) is 4.33. The first-order chi connectivity index (χ1) is 10.2. The van der Waals surface area contributed by atoms with E-state index in [1.165, 1.54) is 20.8 Å². The zero-order chi connectivity index (χ0) is 18.1. The molecule has 0 aliphatic carbocycles. The average Bonchev–Trinajstić information content (AvgIpc) is 2.34.